The lowest BCUT2D eigenvalue weighted by Gasteiger charge is -2.38. The Morgan fingerprint density at radius 3 is 2.53 bits per heavy atom. The van der Waals surface area contributed by atoms with Gasteiger partial charge >= 0.3 is 0 Å². The van der Waals surface area contributed by atoms with Gasteiger partial charge in [-0.1, -0.05) is 24.6 Å². The largest absolute Gasteiger partial charge is 0.329 e. The SMILES string of the molecule is CCN1CCN(C(CN)c2ccc(Cl)c(Br)c2)CC1. The molecular formula is C14H21BrClN3. The molecule has 0 radical (unpaired) electrons. The smallest absolute Gasteiger partial charge is 0.0548 e. The fourth-order valence-corrected chi connectivity index (χ4v) is 3.12. The van der Waals surface area contributed by atoms with E-state index in [-0.39, 0.29) is 6.04 Å². The zero-order chi connectivity index (χ0) is 13.8. The maximum atomic E-state index is 6.05. The van der Waals surface area contributed by atoms with Crippen molar-refractivity contribution in [2.75, 3.05) is 39.3 Å². The number of hydrogen-bond donors (Lipinski definition) is 1. The van der Waals surface area contributed by atoms with Gasteiger partial charge in [-0.15, -0.1) is 0 Å². The molecule has 1 aromatic rings. The van der Waals surface area contributed by atoms with Crippen LogP contribution in [0, 0.1) is 0 Å². The second kappa shape index (κ2) is 7.04. The predicted octanol–water partition coefficient (Wildman–Crippen LogP) is 2.74. The van der Waals surface area contributed by atoms with Crippen LogP contribution < -0.4 is 5.73 Å². The standard InChI is InChI=1S/C14H21BrClN3/c1-2-18-5-7-19(8-6-18)14(10-17)11-3-4-13(16)12(15)9-11/h3-4,9,14H,2,5-8,10,17H2,1H3. The minimum atomic E-state index is 0.285. The number of nitrogens with two attached hydrogens (primary N) is 1. The normalized spacial score (nSPS) is 19.6. The van der Waals surface area contributed by atoms with Crippen LogP contribution in [-0.2, 0) is 0 Å². The van der Waals surface area contributed by atoms with Gasteiger partial charge in [0.1, 0.15) is 0 Å². The van der Waals surface area contributed by atoms with Crippen LogP contribution in [0.25, 0.3) is 0 Å². The Morgan fingerprint density at radius 2 is 2.00 bits per heavy atom. The second-order valence-corrected chi connectivity index (χ2v) is 6.16. The van der Waals surface area contributed by atoms with Crippen molar-refractivity contribution in [1.82, 2.24) is 9.80 Å². The summed E-state index contributed by atoms with van der Waals surface area (Å²) >= 11 is 9.54. The Balaban J connectivity index is 2.09. The second-order valence-electron chi connectivity index (χ2n) is 4.90. The molecule has 0 aliphatic carbocycles. The summed E-state index contributed by atoms with van der Waals surface area (Å²) in [5, 5.41) is 0.746. The molecule has 1 saturated heterocycles. The molecule has 0 spiro atoms. The van der Waals surface area contributed by atoms with Crippen LogP contribution in [0.4, 0.5) is 0 Å². The number of halogens is 2. The van der Waals surface area contributed by atoms with Crippen molar-refractivity contribution in [3.05, 3.63) is 33.3 Å². The van der Waals surface area contributed by atoms with Crippen molar-refractivity contribution in [3.63, 3.8) is 0 Å². The first-order valence-corrected chi connectivity index (χ1v) is 7.94. The molecule has 2 rings (SSSR count). The Hall–Kier alpha value is -0.130. The Bertz CT molecular complexity index is 419. The van der Waals surface area contributed by atoms with Crippen LogP contribution in [-0.4, -0.2) is 49.1 Å². The molecule has 1 fully saturated rings. The molecular weight excluding hydrogens is 326 g/mol. The van der Waals surface area contributed by atoms with E-state index in [1.807, 2.05) is 6.07 Å². The fourth-order valence-electron chi connectivity index (χ4n) is 2.61. The van der Waals surface area contributed by atoms with Crippen LogP contribution in [0.5, 0.6) is 0 Å². The average molecular weight is 347 g/mol. The molecule has 1 aliphatic heterocycles. The highest BCUT2D eigenvalue weighted by molar-refractivity contribution is 9.10. The fraction of sp³-hybridized carbons (Fsp3) is 0.571. The van der Waals surface area contributed by atoms with Crippen LogP contribution >= 0.6 is 27.5 Å². The molecule has 2 N–H and O–H groups in total. The third-order valence-corrected chi connectivity index (χ3v) is 5.06. The zero-order valence-corrected chi connectivity index (χ0v) is 13.6. The highest BCUT2D eigenvalue weighted by atomic mass is 79.9. The number of hydrogen-bond acceptors (Lipinski definition) is 3. The lowest BCUT2D eigenvalue weighted by molar-refractivity contribution is 0.102. The summed E-state index contributed by atoms with van der Waals surface area (Å²) in [6, 6.07) is 6.39. The molecule has 1 aromatic carbocycles. The number of nitrogens with zero attached hydrogens (tertiary/aromatic N) is 2. The molecule has 1 unspecified atom stereocenters. The maximum Gasteiger partial charge on any atom is 0.0548 e. The molecule has 0 saturated carbocycles. The van der Waals surface area contributed by atoms with E-state index >= 15 is 0 Å². The summed E-state index contributed by atoms with van der Waals surface area (Å²) in [7, 11) is 0. The predicted molar refractivity (Wildman–Crippen MR) is 84.6 cm³/mol. The molecule has 106 valence electrons. The van der Waals surface area contributed by atoms with E-state index in [9.17, 15) is 0 Å². The van der Waals surface area contributed by atoms with E-state index in [1.54, 1.807) is 0 Å². The van der Waals surface area contributed by atoms with Crippen LogP contribution in [0.2, 0.25) is 5.02 Å². The first-order chi connectivity index (χ1) is 9.15. The van der Waals surface area contributed by atoms with Crippen molar-refractivity contribution in [1.29, 1.82) is 0 Å². The van der Waals surface area contributed by atoms with Gasteiger partial charge in [-0.2, -0.15) is 0 Å². The van der Waals surface area contributed by atoms with Gasteiger partial charge in [-0.05, 0) is 40.2 Å². The minimum absolute atomic E-state index is 0.285. The highest BCUT2D eigenvalue weighted by Crippen LogP contribution is 2.28. The third kappa shape index (κ3) is 3.70. The summed E-state index contributed by atoms with van der Waals surface area (Å²) in [5.74, 6) is 0. The van der Waals surface area contributed by atoms with Gasteiger partial charge in [0.05, 0.1) is 5.02 Å². The molecule has 0 amide bonds. The topological polar surface area (TPSA) is 32.5 Å². The van der Waals surface area contributed by atoms with E-state index in [1.165, 1.54) is 5.56 Å². The molecule has 1 aliphatic rings. The highest BCUT2D eigenvalue weighted by Gasteiger charge is 2.23. The first kappa shape index (κ1) is 15.3. The summed E-state index contributed by atoms with van der Waals surface area (Å²) in [6.45, 7) is 8.40. The summed E-state index contributed by atoms with van der Waals surface area (Å²) in [6.07, 6.45) is 0. The van der Waals surface area contributed by atoms with Crippen molar-refractivity contribution >= 4 is 27.5 Å². The number of likely N-dealkylation sites (N-methyl/N-ethyl adjacent to an activating group) is 1. The molecule has 1 heterocycles. The van der Waals surface area contributed by atoms with E-state index in [0.29, 0.717) is 6.54 Å². The number of rotatable bonds is 4. The first-order valence-electron chi connectivity index (χ1n) is 6.77. The molecule has 5 heteroatoms. The number of benzene rings is 1. The lowest BCUT2D eigenvalue weighted by atomic mass is 10.0. The van der Waals surface area contributed by atoms with Gasteiger partial charge in [-0.25, -0.2) is 0 Å². The van der Waals surface area contributed by atoms with Gasteiger partial charge in [-0.3, -0.25) is 4.90 Å². The molecule has 3 nitrogen and oxygen atoms in total. The summed E-state index contributed by atoms with van der Waals surface area (Å²) in [4.78, 5) is 4.95. The Labute approximate surface area is 128 Å². The Morgan fingerprint density at radius 1 is 1.32 bits per heavy atom. The van der Waals surface area contributed by atoms with E-state index < -0.39 is 0 Å². The lowest BCUT2D eigenvalue weighted by Crippen LogP contribution is -2.48. The third-order valence-electron chi connectivity index (χ3n) is 3.85. The van der Waals surface area contributed by atoms with Gasteiger partial charge in [0.15, 0.2) is 0 Å². The van der Waals surface area contributed by atoms with Gasteiger partial charge in [0.2, 0.25) is 0 Å². The molecule has 0 bridgehead atoms. The van der Waals surface area contributed by atoms with E-state index in [0.717, 1.165) is 42.2 Å². The Kier molecular flexibility index (Phi) is 5.66. The van der Waals surface area contributed by atoms with Crippen molar-refractivity contribution in [2.45, 2.75) is 13.0 Å². The number of piperazine rings is 1. The summed E-state index contributed by atoms with van der Waals surface area (Å²) < 4.78 is 0.942. The van der Waals surface area contributed by atoms with Crippen LogP contribution in [0.1, 0.15) is 18.5 Å². The van der Waals surface area contributed by atoms with Crippen LogP contribution in [0.15, 0.2) is 22.7 Å². The molecule has 0 aromatic heterocycles. The molecule has 19 heavy (non-hydrogen) atoms. The van der Waals surface area contributed by atoms with E-state index in [2.05, 4.69) is 44.8 Å². The van der Waals surface area contributed by atoms with Gasteiger partial charge in [0.25, 0.3) is 0 Å². The zero-order valence-electron chi connectivity index (χ0n) is 11.3. The van der Waals surface area contributed by atoms with Gasteiger partial charge in [0, 0.05) is 43.2 Å². The van der Waals surface area contributed by atoms with Crippen molar-refractivity contribution < 1.29 is 0 Å². The monoisotopic (exact) mass is 345 g/mol. The quantitative estimate of drug-likeness (QED) is 0.910. The van der Waals surface area contributed by atoms with E-state index in [4.69, 9.17) is 17.3 Å². The summed E-state index contributed by atoms with van der Waals surface area (Å²) in [5.41, 5.74) is 7.23. The van der Waals surface area contributed by atoms with Crippen molar-refractivity contribution in [2.24, 2.45) is 5.73 Å². The maximum absolute atomic E-state index is 6.05. The van der Waals surface area contributed by atoms with Crippen LogP contribution in [0.3, 0.4) is 0 Å². The average Bonchev–Trinajstić information content (AvgIpc) is 2.44. The van der Waals surface area contributed by atoms with Crippen molar-refractivity contribution in [3.8, 4) is 0 Å². The minimum Gasteiger partial charge on any atom is -0.329 e. The molecule has 1 atom stereocenters. The van der Waals surface area contributed by atoms with Gasteiger partial charge < -0.3 is 10.6 Å².